The van der Waals surface area contributed by atoms with Crippen molar-refractivity contribution in [3.05, 3.63) is 42.5 Å². The van der Waals surface area contributed by atoms with Crippen molar-refractivity contribution in [2.45, 2.75) is 11.3 Å². The first-order valence-corrected chi connectivity index (χ1v) is 10.7. The summed E-state index contributed by atoms with van der Waals surface area (Å²) in [6, 6.07) is 13.0. The number of para-hydroxylation sites is 1. The Morgan fingerprint density at radius 2 is 1.69 bits per heavy atom. The van der Waals surface area contributed by atoms with Crippen LogP contribution in [0.15, 0.2) is 47.4 Å². The summed E-state index contributed by atoms with van der Waals surface area (Å²) < 4.78 is 11.2. The Balaban J connectivity index is 1.50. The van der Waals surface area contributed by atoms with Gasteiger partial charge >= 0.3 is 0 Å². The first-order valence-electron chi connectivity index (χ1n) is 9.49. The fraction of sp³-hybridized carbons (Fsp3) is 0.333. The van der Waals surface area contributed by atoms with Crippen LogP contribution in [0.3, 0.4) is 0 Å². The van der Waals surface area contributed by atoms with Crippen molar-refractivity contribution in [1.29, 1.82) is 0 Å². The molecule has 1 aliphatic rings. The molecule has 0 saturated heterocycles. The minimum absolute atomic E-state index is 0.132. The number of nitrogens with one attached hydrogen (secondary N) is 3. The number of thioether (sulfide) groups is 1. The lowest BCUT2D eigenvalue weighted by Crippen LogP contribution is -3.11. The van der Waals surface area contributed by atoms with Gasteiger partial charge in [-0.25, -0.2) is 0 Å². The van der Waals surface area contributed by atoms with Crippen molar-refractivity contribution in [2.24, 2.45) is 0 Å². The molecule has 154 valence electrons. The number of hydrogen-bond acceptors (Lipinski definition) is 5. The summed E-state index contributed by atoms with van der Waals surface area (Å²) in [4.78, 5) is 26.5. The van der Waals surface area contributed by atoms with Crippen LogP contribution in [0.5, 0.6) is 11.5 Å². The molecule has 0 spiro atoms. The lowest BCUT2D eigenvalue weighted by molar-refractivity contribution is -0.862. The SMILES string of the molecule is CSc1ccccc1NC(=O)C[NH+](C)CC(=O)Nc1ccc2c(c1)OCCCO2. The minimum atomic E-state index is -0.172. The summed E-state index contributed by atoms with van der Waals surface area (Å²) in [6.07, 6.45) is 2.79. The molecule has 3 N–H and O–H groups in total. The zero-order chi connectivity index (χ0) is 20.6. The second kappa shape index (κ2) is 10.2. The predicted octanol–water partition coefficient (Wildman–Crippen LogP) is 1.66. The molecule has 3 rings (SSSR count). The molecule has 1 heterocycles. The summed E-state index contributed by atoms with van der Waals surface area (Å²) in [5, 5.41) is 5.77. The Labute approximate surface area is 174 Å². The maximum Gasteiger partial charge on any atom is 0.279 e. The molecule has 0 aliphatic carbocycles. The molecule has 0 saturated carbocycles. The van der Waals surface area contributed by atoms with E-state index in [1.54, 1.807) is 30.0 Å². The van der Waals surface area contributed by atoms with Crippen LogP contribution >= 0.6 is 11.8 Å². The topological polar surface area (TPSA) is 81.1 Å². The van der Waals surface area contributed by atoms with Crippen LogP contribution < -0.4 is 25.0 Å². The number of quaternary nitrogens is 1. The van der Waals surface area contributed by atoms with Crippen LogP contribution in [0.1, 0.15) is 6.42 Å². The number of fused-ring (bicyclic) bond motifs is 1. The molecule has 0 aromatic heterocycles. The highest BCUT2D eigenvalue weighted by atomic mass is 32.2. The third kappa shape index (κ3) is 6.13. The quantitative estimate of drug-likeness (QED) is 0.598. The first kappa shape index (κ1) is 21.0. The Kier molecular flexibility index (Phi) is 7.37. The molecule has 7 nitrogen and oxygen atoms in total. The summed E-state index contributed by atoms with van der Waals surface area (Å²) >= 11 is 1.57. The summed E-state index contributed by atoms with van der Waals surface area (Å²) in [6.45, 7) is 1.58. The second-order valence-electron chi connectivity index (χ2n) is 6.82. The Morgan fingerprint density at radius 1 is 1.00 bits per heavy atom. The van der Waals surface area contributed by atoms with Gasteiger partial charge in [-0.1, -0.05) is 12.1 Å². The monoisotopic (exact) mass is 416 g/mol. The summed E-state index contributed by atoms with van der Waals surface area (Å²) in [5.41, 5.74) is 1.43. The molecular formula is C21H26N3O4S+. The molecular weight excluding hydrogens is 390 g/mol. The third-order valence-corrected chi connectivity index (χ3v) is 5.13. The average molecular weight is 417 g/mol. The van der Waals surface area contributed by atoms with Crippen LogP contribution in [-0.2, 0) is 9.59 Å². The lowest BCUT2D eigenvalue weighted by Gasteiger charge is -2.15. The van der Waals surface area contributed by atoms with E-state index in [2.05, 4.69) is 10.6 Å². The molecule has 2 amide bonds. The number of rotatable bonds is 7. The Bertz CT molecular complexity index is 875. The highest BCUT2D eigenvalue weighted by molar-refractivity contribution is 7.98. The number of carbonyl (C=O) groups excluding carboxylic acids is 2. The highest BCUT2D eigenvalue weighted by Gasteiger charge is 2.17. The fourth-order valence-corrected chi connectivity index (χ4v) is 3.55. The molecule has 1 atom stereocenters. The van der Waals surface area contributed by atoms with E-state index in [1.807, 2.05) is 37.6 Å². The molecule has 2 aromatic carbocycles. The van der Waals surface area contributed by atoms with Crippen molar-refractivity contribution < 1.29 is 24.0 Å². The van der Waals surface area contributed by atoms with E-state index in [1.165, 1.54) is 0 Å². The number of benzene rings is 2. The van der Waals surface area contributed by atoms with Crippen molar-refractivity contribution in [3.63, 3.8) is 0 Å². The molecule has 0 fully saturated rings. The second-order valence-corrected chi connectivity index (χ2v) is 7.67. The fourth-order valence-electron chi connectivity index (χ4n) is 3.00. The van der Waals surface area contributed by atoms with Gasteiger partial charge < -0.3 is 25.0 Å². The van der Waals surface area contributed by atoms with Gasteiger partial charge in [-0.15, -0.1) is 11.8 Å². The van der Waals surface area contributed by atoms with E-state index in [0.717, 1.165) is 21.9 Å². The van der Waals surface area contributed by atoms with Gasteiger partial charge in [0.25, 0.3) is 11.8 Å². The molecule has 8 heteroatoms. The maximum atomic E-state index is 12.4. The largest absolute Gasteiger partial charge is 0.490 e. The van der Waals surface area contributed by atoms with Gasteiger partial charge in [-0.2, -0.15) is 0 Å². The van der Waals surface area contributed by atoms with Crippen molar-refractivity contribution in [2.75, 3.05) is 50.2 Å². The number of amides is 2. The standard InChI is InChI=1S/C21H25N3O4S/c1-24(14-21(26)23-16-6-3-4-7-19(16)29-2)13-20(25)22-15-8-9-17-18(12-15)28-11-5-10-27-17/h3-4,6-9,12H,5,10-11,13-14H2,1-2H3,(H,22,25)(H,23,26)/p+1. The normalized spacial score (nSPS) is 13.9. The summed E-state index contributed by atoms with van der Waals surface area (Å²) in [7, 11) is 1.81. The molecule has 0 radical (unpaired) electrons. The zero-order valence-electron chi connectivity index (χ0n) is 16.6. The predicted molar refractivity (Wildman–Crippen MR) is 114 cm³/mol. The van der Waals surface area contributed by atoms with Crippen LogP contribution in [0.2, 0.25) is 0 Å². The van der Waals surface area contributed by atoms with Crippen LogP contribution in [-0.4, -0.2) is 51.4 Å². The molecule has 1 unspecified atom stereocenters. The van der Waals surface area contributed by atoms with Crippen molar-refractivity contribution in [3.8, 4) is 11.5 Å². The van der Waals surface area contributed by atoms with E-state index in [9.17, 15) is 9.59 Å². The lowest BCUT2D eigenvalue weighted by atomic mass is 10.2. The number of hydrogen-bond donors (Lipinski definition) is 3. The molecule has 1 aliphatic heterocycles. The van der Waals surface area contributed by atoms with Gasteiger partial charge in [0, 0.05) is 23.1 Å². The van der Waals surface area contributed by atoms with Gasteiger partial charge in [0.15, 0.2) is 24.6 Å². The number of carbonyl (C=O) groups is 2. The third-order valence-electron chi connectivity index (χ3n) is 4.34. The van der Waals surface area contributed by atoms with Gasteiger partial charge in [-0.3, -0.25) is 9.59 Å². The number of likely N-dealkylation sites (N-methyl/N-ethyl adjacent to an activating group) is 1. The van der Waals surface area contributed by atoms with Gasteiger partial charge in [-0.05, 0) is 30.5 Å². The smallest absolute Gasteiger partial charge is 0.279 e. The molecule has 2 aromatic rings. The van der Waals surface area contributed by atoms with Gasteiger partial charge in [0.05, 0.1) is 25.9 Å². The molecule has 0 bridgehead atoms. The Hall–Kier alpha value is -2.71. The molecule has 29 heavy (non-hydrogen) atoms. The van der Waals surface area contributed by atoms with E-state index >= 15 is 0 Å². The average Bonchev–Trinajstić information content (AvgIpc) is 2.93. The Morgan fingerprint density at radius 3 is 2.45 bits per heavy atom. The van der Waals surface area contributed by atoms with E-state index in [-0.39, 0.29) is 24.9 Å². The maximum absolute atomic E-state index is 12.4. The van der Waals surface area contributed by atoms with Crippen LogP contribution in [0.25, 0.3) is 0 Å². The van der Waals surface area contributed by atoms with Crippen LogP contribution in [0, 0.1) is 0 Å². The van der Waals surface area contributed by atoms with Crippen molar-refractivity contribution in [1.82, 2.24) is 0 Å². The first-order chi connectivity index (χ1) is 14.0. The summed E-state index contributed by atoms with van der Waals surface area (Å²) in [5.74, 6) is 1.01. The van der Waals surface area contributed by atoms with Gasteiger partial charge in [0.1, 0.15) is 0 Å². The van der Waals surface area contributed by atoms with Crippen LogP contribution in [0.4, 0.5) is 11.4 Å². The van der Waals surface area contributed by atoms with E-state index in [4.69, 9.17) is 9.47 Å². The highest BCUT2D eigenvalue weighted by Crippen LogP contribution is 2.32. The zero-order valence-corrected chi connectivity index (χ0v) is 17.4. The van der Waals surface area contributed by atoms with E-state index < -0.39 is 0 Å². The van der Waals surface area contributed by atoms with Gasteiger partial charge in [0.2, 0.25) is 0 Å². The van der Waals surface area contributed by atoms with E-state index in [0.29, 0.717) is 30.4 Å². The minimum Gasteiger partial charge on any atom is -0.490 e. The number of ether oxygens (including phenoxy) is 2. The number of anilines is 2. The van der Waals surface area contributed by atoms with Crippen molar-refractivity contribution >= 4 is 35.0 Å².